The number of nitrogens with two attached hydrogens (primary N) is 1. The van der Waals surface area contributed by atoms with Crippen LogP contribution < -0.4 is 10.6 Å². The van der Waals surface area contributed by atoms with Gasteiger partial charge >= 0.3 is 0 Å². The fraction of sp³-hybridized carbons (Fsp3) is 0.700. The molecule has 1 heterocycles. The van der Waals surface area contributed by atoms with Crippen LogP contribution in [0.15, 0.2) is 12.4 Å². The van der Waals surface area contributed by atoms with Gasteiger partial charge in [-0.2, -0.15) is 0 Å². The fourth-order valence-corrected chi connectivity index (χ4v) is 1.43. The number of hydrogen-bond donors (Lipinski definition) is 1. The monoisotopic (exact) mass is 196 g/mol. The van der Waals surface area contributed by atoms with E-state index in [1.807, 2.05) is 12.4 Å². The first-order valence-electron chi connectivity index (χ1n) is 5.11. The number of nitrogens with zero attached hydrogens (tertiary/aromatic N) is 3. The highest BCUT2D eigenvalue weighted by atomic mass is 15.3. The van der Waals surface area contributed by atoms with Crippen LogP contribution >= 0.6 is 0 Å². The normalized spacial score (nSPS) is 10.9. The van der Waals surface area contributed by atoms with E-state index < -0.39 is 0 Å². The summed E-state index contributed by atoms with van der Waals surface area (Å²) in [6.07, 6.45) is 4.86. The molecule has 1 rings (SSSR count). The maximum Gasteiger partial charge on any atom is 0.205 e. The standard InChI is InChI=1S/C10H20N4/c1-9(2)14-8-6-12-10(14)13(3)7-4-5-11/h6,8-9H,4-5,7,11H2,1-3H3. The second kappa shape index (κ2) is 5.00. The highest BCUT2D eigenvalue weighted by Crippen LogP contribution is 2.15. The van der Waals surface area contributed by atoms with Crippen molar-refractivity contribution < 1.29 is 0 Å². The van der Waals surface area contributed by atoms with Crippen molar-refractivity contribution in [2.45, 2.75) is 26.3 Å². The second-order valence-corrected chi connectivity index (χ2v) is 3.79. The summed E-state index contributed by atoms with van der Waals surface area (Å²) >= 11 is 0. The minimum Gasteiger partial charge on any atom is -0.345 e. The molecule has 0 aliphatic heterocycles. The predicted octanol–water partition coefficient (Wildman–Crippen LogP) is 1.25. The first kappa shape index (κ1) is 11.0. The summed E-state index contributed by atoms with van der Waals surface area (Å²) in [4.78, 5) is 6.48. The van der Waals surface area contributed by atoms with Crippen molar-refractivity contribution >= 4 is 5.95 Å². The number of imidazole rings is 1. The van der Waals surface area contributed by atoms with Gasteiger partial charge in [0, 0.05) is 32.0 Å². The topological polar surface area (TPSA) is 47.1 Å². The first-order valence-corrected chi connectivity index (χ1v) is 5.11. The molecule has 0 bridgehead atoms. The third-order valence-electron chi connectivity index (χ3n) is 2.24. The Morgan fingerprint density at radius 3 is 2.86 bits per heavy atom. The van der Waals surface area contributed by atoms with Crippen LogP contribution in [0, 0.1) is 0 Å². The van der Waals surface area contributed by atoms with Gasteiger partial charge in [0.05, 0.1) is 0 Å². The molecule has 1 aromatic rings. The highest BCUT2D eigenvalue weighted by Gasteiger charge is 2.09. The lowest BCUT2D eigenvalue weighted by Gasteiger charge is -2.21. The van der Waals surface area contributed by atoms with Gasteiger partial charge in [0.15, 0.2) is 0 Å². The Morgan fingerprint density at radius 2 is 2.29 bits per heavy atom. The van der Waals surface area contributed by atoms with E-state index in [9.17, 15) is 0 Å². The molecule has 2 N–H and O–H groups in total. The average Bonchev–Trinajstić information content (AvgIpc) is 2.62. The van der Waals surface area contributed by atoms with Gasteiger partial charge in [-0.25, -0.2) is 4.98 Å². The predicted molar refractivity (Wildman–Crippen MR) is 59.6 cm³/mol. The van der Waals surface area contributed by atoms with Crippen LogP contribution in [-0.4, -0.2) is 29.7 Å². The third-order valence-corrected chi connectivity index (χ3v) is 2.24. The molecule has 0 unspecified atom stereocenters. The van der Waals surface area contributed by atoms with Crippen molar-refractivity contribution in [1.29, 1.82) is 0 Å². The molecule has 80 valence electrons. The van der Waals surface area contributed by atoms with E-state index in [-0.39, 0.29) is 0 Å². The zero-order chi connectivity index (χ0) is 10.6. The zero-order valence-electron chi connectivity index (χ0n) is 9.27. The molecule has 0 spiro atoms. The van der Waals surface area contributed by atoms with Crippen LogP contribution in [-0.2, 0) is 0 Å². The molecule has 0 saturated heterocycles. The van der Waals surface area contributed by atoms with Crippen molar-refractivity contribution in [3.8, 4) is 0 Å². The van der Waals surface area contributed by atoms with E-state index in [2.05, 4.69) is 35.3 Å². The largest absolute Gasteiger partial charge is 0.345 e. The van der Waals surface area contributed by atoms with Gasteiger partial charge in [-0.15, -0.1) is 0 Å². The SMILES string of the molecule is CC(C)n1ccnc1N(C)CCCN. The fourth-order valence-electron chi connectivity index (χ4n) is 1.43. The summed E-state index contributed by atoms with van der Waals surface area (Å²) in [6.45, 7) is 6.00. The molecule has 0 aliphatic carbocycles. The van der Waals surface area contributed by atoms with Crippen molar-refractivity contribution in [3.05, 3.63) is 12.4 Å². The second-order valence-electron chi connectivity index (χ2n) is 3.79. The van der Waals surface area contributed by atoms with Gasteiger partial charge in [0.25, 0.3) is 0 Å². The Balaban J connectivity index is 2.68. The molecular formula is C10H20N4. The molecule has 0 fully saturated rings. The smallest absolute Gasteiger partial charge is 0.205 e. The van der Waals surface area contributed by atoms with Crippen LogP contribution in [0.25, 0.3) is 0 Å². The van der Waals surface area contributed by atoms with Crippen molar-refractivity contribution in [1.82, 2.24) is 9.55 Å². The van der Waals surface area contributed by atoms with E-state index in [1.165, 1.54) is 0 Å². The molecule has 1 aromatic heterocycles. The summed E-state index contributed by atoms with van der Waals surface area (Å²) in [5.41, 5.74) is 5.47. The van der Waals surface area contributed by atoms with E-state index in [1.54, 1.807) is 0 Å². The Morgan fingerprint density at radius 1 is 1.57 bits per heavy atom. The van der Waals surface area contributed by atoms with Crippen molar-refractivity contribution in [3.63, 3.8) is 0 Å². The van der Waals surface area contributed by atoms with Gasteiger partial charge in [-0.05, 0) is 26.8 Å². The average molecular weight is 196 g/mol. The summed E-state index contributed by atoms with van der Waals surface area (Å²) in [7, 11) is 2.05. The number of rotatable bonds is 5. The molecule has 0 aliphatic rings. The minimum absolute atomic E-state index is 0.452. The lowest BCUT2D eigenvalue weighted by atomic mass is 10.4. The van der Waals surface area contributed by atoms with Crippen LogP contribution in [0.3, 0.4) is 0 Å². The number of anilines is 1. The molecule has 4 heteroatoms. The van der Waals surface area contributed by atoms with E-state index in [0.717, 1.165) is 25.5 Å². The lowest BCUT2D eigenvalue weighted by Crippen LogP contribution is -2.24. The highest BCUT2D eigenvalue weighted by molar-refractivity contribution is 5.30. The molecule has 0 saturated carbocycles. The van der Waals surface area contributed by atoms with Crippen LogP contribution in [0.2, 0.25) is 0 Å². The molecule has 0 aromatic carbocycles. The quantitative estimate of drug-likeness (QED) is 0.771. The summed E-state index contributed by atoms with van der Waals surface area (Å²) in [5, 5.41) is 0. The van der Waals surface area contributed by atoms with E-state index in [0.29, 0.717) is 6.04 Å². The lowest BCUT2D eigenvalue weighted by molar-refractivity contribution is 0.589. The van der Waals surface area contributed by atoms with Gasteiger partial charge in [0.1, 0.15) is 0 Å². The van der Waals surface area contributed by atoms with E-state index >= 15 is 0 Å². The summed E-state index contributed by atoms with van der Waals surface area (Å²) in [5.74, 6) is 1.02. The van der Waals surface area contributed by atoms with Crippen LogP contribution in [0.1, 0.15) is 26.3 Å². The summed E-state index contributed by atoms with van der Waals surface area (Å²) in [6, 6.07) is 0.452. The van der Waals surface area contributed by atoms with Gasteiger partial charge in [0.2, 0.25) is 5.95 Å². The zero-order valence-corrected chi connectivity index (χ0v) is 9.27. The molecule has 0 amide bonds. The Labute approximate surface area is 85.7 Å². The Hall–Kier alpha value is -1.03. The minimum atomic E-state index is 0.452. The Bertz CT molecular complexity index is 267. The van der Waals surface area contributed by atoms with Crippen molar-refractivity contribution in [2.24, 2.45) is 5.73 Å². The van der Waals surface area contributed by atoms with Gasteiger partial charge in [-0.3, -0.25) is 0 Å². The summed E-state index contributed by atoms with van der Waals surface area (Å²) < 4.78 is 2.16. The molecule has 14 heavy (non-hydrogen) atoms. The third kappa shape index (κ3) is 2.48. The number of aromatic nitrogens is 2. The Kier molecular flexibility index (Phi) is 3.95. The molecule has 0 atom stereocenters. The van der Waals surface area contributed by atoms with Crippen LogP contribution in [0.5, 0.6) is 0 Å². The molecular weight excluding hydrogens is 176 g/mol. The van der Waals surface area contributed by atoms with Crippen LogP contribution in [0.4, 0.5) is 5.95 Å². The maximum atomic E-state index is 5.47. The van der Waals surface area contributed by atoms with E-state index in [4.69, 9.17) is 5.73 Å². The number of hydrogen-bond acceptors (Lipinski definition) is 3. The molecule has 0 radical (unpaired) electrons. The van der Waals surface area contributed by atoms with Gasteiger partial charge < -0.3 is 15.2 Å². The maximum absolute atomic E-state index is 5.47. The molecule has 4 nitrogen and oxygen atoms in total. The van der Waals surface area contributed by atoms with Gasteiger partial charge in [-0.1, -0.05) is 0 Å². The first-order chi connectivity index (χ1) is 6.66. The van der Waals surface area contributed by atoms with Crippen molar-refractivity contribution in [2.75, 3.05) is 25.0 Å².